The number of methoxy groups -OCH3 is 1. The van der Waals surface area contributed by atoms with Gasteiger partial charge in [-0.05, 0) is 6.42 Å². The van der Waals surface area contributed by atoms with Crippen LogP contribution in [0, 0.1) is 0 Å². The highest BCUT2D eigenvalue weighted by atomic mass is 16.5. The van der Waals surface area contributed by atoms with Crippen LogP contribution in [0.5, 0.6) is 0 Å². The van der Waals surface area contributed by atoms with Gasteiger partial charge >= 0.3 is 5.97 Å². The van der Waals surface area contributed by atoms with Crippen molar-refractivity contribution in [2.45, 2.75) is 19.5 Å². The molecule has 2 heterocycles. The molecule has 0 radical (unpaired) electrons. The second kappa shape index (κ2) is 5.99. The van der Waals surface area contributed by atoms with Crippen LogP contribution in [0.3, 0.4) is 0 Å². The van der Waals surface area contributed by atoms with Gasteiger partial charge < -0.3 is 15.4 Å². The van der Waals surface area contributed by atoms with E-state index in [9.17, 15) is 4.79 Å². The summed E-state index contributed by atoms with van der Waals surface area (Å²) in [6.45, 7) is 2.36. The molecule has 0 fully saturated rings. The minimum Gasteiger partial charge on any atom is -0.468 e. The molecule has 0 amide bonds. The molecule has 0 saturated carbocycles. The Morgan fingerprint density at radius 2 is 2.56 bits per heavy atom. The van der Waals surface area contributed by atoms with Crippen LogP contribution >= 0.6 is 0 Å². The molecule has 0 unspecified atom stereocenters. The van der Waals surface area contributed by atoms with Gasteiger partial charge in [0.15, 0.2) is 5.96 Å². The fraction of sp³-hybridized carbons (Fsp3) is 0.600. The summed E-state index contributed by atoms with van der Waals surface area (Å²) in [5, 5.41) is 14.1. The van der Waals surface area contributed by atoms with Crippen LogP contribution in [0.4, 0.5) is 0 Å². The highest BCUT2D eigenvalue weighted by molar-refractivity contribution is 5.80. The van der Waals surface area contributed by atoms with Gasteiger partial charge in [-0.25, -0.2) is 4.68 Å². The van der Waals surface area contributed by atoms with Gasteiger partial charge in [-0.15, -0.1) is 5.10 Å². The molecule has 0 aliphatic carbocycles. The molecule has 98 valence electrons. The summed E-state index contributed by atoms with van der Waals surface area (Å²) in [7, 11) is 1.34. The minimum absolute atomic E-state index is 0.0721. The zero-order valence-electron chi connectivity index (χ0n) is 10.2. The van der Waals surface area contributed by atoms with E-state index in [0.717, 1.165) is 31.2 Å². The maximum absolute atomic E-state index is 11.0. The Morgan fingerprint density at radius 1 is 1.67 bits per heavy atom. The molecular formula is C10H16N6O2. The van der Waals surface area contributed by atoms with Gasteiger partial charge in [0.05, 0.1) is 19.9 Å². The summed E-state index contributed by atoms with van der Waals surface area (Å²) in [6.07, 6.45) is 2.76. The summed E-state index contributed by atoms with van der Waals surface area (Å²) in [5.41, 5.74) is 0.744. The predicted octanol–water partition coefficient (Wildman–Crippen LogP) is -1.11. The molecule has 8 nitrogen and oxygen atoms in total. The van der Waals surface area contributed by atoms with Gasteiger partial charge in [-0.2, -0.15) is 0 Å². The lowest BCUT2D eigenvalue weighted by Gasteiger charge is -2.14. The molecule has 2 rings (SSSR count). The number of hydrogen-bond acceptors (Lipinski definition) is 7. The van der Waals surface area contributed by atoms with Crippen molar-refractivity contribution in [3.8, 4) is 0 Å². The minimum atomic E-state index is -0.349. The summed E-state index contributed by atoms with van der Waals surface area (Å²) < 4.78 is 5.99. The average Bonchev–Trinajstić information content (AvgIpc) is 2.85. The van der Waals surface area contributed by atoms with E-state index in [0.29, 0.717) is 6.54 Å². The van der Waals surface area contributed by atoms with Gasteiger partial charge in [0.2, 0.25) is 0 Å². The number of guanidine groups is 1. The fourth-order valence-corrected chi connectivity index (χ4v) is 1.52. The van der Waals surface area contributed by atoms with E-state index in [2.05, 4.69) is 30.7 Å². The summed E-state index contributed by atoms with van der Waals surface area (Å²) in [4.78, 5) is 15.3. The quantitative estimate of drug-likeness (QED) is 0.660. The number of ether oxygens (including phenoxy) is 1. The van der Waals surface area contributed by atoms with Crippen molar-refractivity contribution >= 4 is 11.9 Å². The van der Waals surface area contributed by atoms with E-state index in [1.165, 1.54) is 11.8 Å². The normalized spacial score (nSPS) is 14.6. The third kappa shape index (κ3) is 3.44. The average molecular weight is 252 g/mol. The third-order valence-electron chi connectivity index (χ3n) is 2.44. The molecule has 1 aliphatic heterocycles. The van der Waals surface area contributed by atoms with Crippen molar-refractivity contribution < 1.29 is 9.53 Å². The summed E-state index contributed by atoms with van der Waals surface area (Å²) in [5.74, 6) is 0.432. The Labute approximate surface area is 104 Å². The van der Waals surface area contributed by atoms with E-state index < -0.39 is 0 Å². The molecule has 1 aromatic heterocycles. The molecule has 0 bridgehead atoms. The van der Waals surface area contributed by atoms with Crippen LogP contribution in [-0.2, 0) is 22.6 Å². The fourth-order valence-electron chi connectivity index (χ4n) is 1.52. The molecule has 1 aromatic rings. The Morgan fingerprint density at radius 3 is 3.28 bits per heavy atom. The number of aromatic nitrogens is 3. The molecule has 0 atom stereocenters. The van der Waals surface area contributed by atoms with Crippen LogP contribution in [0.2, 0.25) is 0 Å². The van der Waals surface area contributed by atoms with Gasteiger partial charge in [0.1, 0.15) is 12.2 Å². The number of nitrogens with zero attached hydrogens (tertiary/aromatic N) is 4. The van der Waals surface area contributed by atoms with E-state index in [4.69, 9.17) is 0 Å². The molecule has 8 heteroatoms. The lowest BCUT2D eigenvalue weighted by Crippen LogP contribution is -2.40. The first-order valence-corrected chi connectivity index (χ1v) is 5.76. The number of carbonyl (C=O) groups is 1. The van der Waals surface area contributed by atoms with E-state index in [-0.39, 0.29) is 12.5 Å². The van der Waals surface area contributed by atoms with Crippen LogP contribution in [0.15, 0.2) is 11.2 Å². The summed E-state index contributed by atoms with van der Waals surface area (Å²) >= 11 is 0. The molecular weight excluding hydrogens is 236 g/mol. The molecule has 0 aromatic carbocycles. The van der Waals surface area contributed by atoms with Crippen molar-refractivity contribution in [1.82, 2.24) is 25.6 Å². The lowest BCUT2D eigenvalue weighted by atomic mass is 10.4. The van der Waals surface area contributed by atoms with Crippen LogP contribution in [0.25, 0.3) is 0 Å². The Hall–Kier alpha value is -2.12. The van der Waals surface area contributed by atoms with Crippen LogP contribution in [0.1, 0.15) is 12.1 Å². The molecule has 2 N–H and O–H groups in total. The number of esters is 1. The van der Waals surface area contributed by atoms with Gasteiger partial charge in [-0.1, -0.05) is 5.21 Å². The number of rotatable bonds is 4. The Balaban J connectivity index is 1.82. The molecule has 0 saturated heterocycles. The zero-order chi connectivity index (χ0) is 12.8. The number of carbonyl (C=O) groups excluding carboxylic acids is 1. The first kappa shape index (κ1) is 12.3. The van der Waals surface area contributed by atoms with Crippen molar-refractivity contribution in [3.05, 3.63) is 11.9 Å². The van der Waals surface area contributed by atoms with Crippen LogP contribution < -0.4 is 10.6 Å². The largest absolute Gasteiger partial charge is 0.468 e. The summed E-state index contributed by atoms with van der Waals surface area (Å²) in [6, 6.07) is 0. The molecule has 0 spiro atoms. The van der Waals surface area contributed by atoms with Gasteiger partial charge in [0, 0.05) is 13.1 Å². The molecule has 1 aliphatic rings. The Kier molecular flexibility index (Phi) is 4.11. The molecule has 18 heavy (non-hydrogen) atoms. The smallest absolute Gasteiger partial charge is 0.327 e. The van der Waals surface area contributed by atoms with Crippen molar-refractivity contribution in [3.63, 3.8) is 0 Å². The predicted molar refractivity (Wildman–Crippen MR) is 63.8 cm³/mol. The highest BCUT2D eigenvalue weighted by Gasteiger charge is 2.07. The topological polar surface area (TPSA) is 93.4 Å². The number of aliphatic imine (C=N–C) groups is 1. The Bertz CT molecular complexity index is 441. The first-order valence-electron chi connectivity index (χ1n) is 5.76. The monoisotopic (exact) mass is 252 g/mol. The van der Waals surface area contributed by atoms with Crippen LogP contribution in [-0.4, -0.2) is 47.1 Å². The number of hydrogen-bond donors (Lipinski definition) is 2. The standard InChI is InChI=1S/C10H16N6O2/c1-18-9(17)7-16-6-8(14-15-16)5-13-10-11-3-2-4-12-10/h6H,2-5,7H2,1H3,(H2,11,12,13). The second-order valence-electron chi connectivity index (χ2n) is 3.85. The first-order chi connectivity index (χ1) is 8.78. The van der Waals surface area contributed by atoms with Crippen molar-refractivity contribution in [2.75, 3.05) is 20.2 Å². The zero-order valence-corrected chi connectivity index (χ0v) is 10.2. The maximum Gasteiger partial charge on any atom is 0.327 e. The SMILES string of the molecule is COC(=O)Cn1cc(CNC2=NCCCN2)nn1. The maximum atomic E-state index is 11.0. The van der Waals surface area contributed by atoms with E-state index in [1.54, 1.807) is 6.20 Å². The van der Waals surface area contributed by atoms with Gasteiger partial charge in [0.25, 0.3) is 0 Å². The third-order valence-corrected chi connectivity index (χ3v) is 2.44. The van der Waals surface area contributed by atoms with Crippen molar-refractivity contribution in [1.29, 1.82) is 0 Å². The second-order valence-corrected chi connectivity index (χ2v) is 3.85. The number of nitrogens with one attached hydrogen (secondary N) is 2. The van der Waals surface area contributed by atoms with E-state index in [1.807, 2.05) is 0 Å². The lowest BCUT2D eigenvalue weighted by molar-refractivity contribution is -0.141. The highest BCUT2D eigenvalue weighted by Crippen LogP contribution is 1.94. The van der Waals surface area contributed by atoms with Gasteiger partial charge in [-0.3, -0.25) is 9.79 Å². The van der Waals surface area contributed by atoms with E-state index >= 15 is 0 Å². The van der Waals surface area contributed by atoms with Crippen molar-refractivity contribution in [2.24, 2.45) is 4.99 Å².